The van der Waals surface area contributed by atoms with Crippen LogP contribution >= 0.6 is 0 Å². The van der Waals surface area contributed by atoms with Gasteiger partial charge in [0.05, 0.1) is 13.1 Å². The molecule has 0 aliphatic heterocycles. The van der Waals surface area contributed by atoms with E-state index in [0.717, 1.165) is 30.2 Å². The van der Waals surface area contributed by atoms with Crippen LogP contribution in [0.15, 0.2) is 10.5 Å². The summed E-state index contributed by atoms with van der Waals surface area (Å²) in [7, 11) is 0. The number of aryl methyl sites for hydroxylation is 1. The highest BCUT2D eigenvalue weighted by Crippen LogP contribution is 2.17. The van der Waals surface area contributed by atoms with Gasteiger partial charge < -0.3 is 10.2 Å². The van der Waals surface area contributed by atoms with Crippen molar-refractivity contribution in [1.82, 2.24) is 4.90 Å². The van der Waals surface area contributed by atoms with Crippen LogP contribution in [0.2, 0.25) is 0 Å². The number of rotatable bonds is 6. The van der Waals surface area contributed by atoms with Crippen molar-refractivity contribution in [1.29, 1.82) is 0 Å². The Morgan fingerprint density at radius 2 is 1.94 bits per heavy atom. The van der Waals surface area contributed by atoms with Gasteiger partial charge in [-0.2, -0.15) is 0 Å². The average molecular weight is 238 g/mol. The maximum atomic E-state index is 5.76. The van der Waals surface area contributed by atoms with Crippen LogP contribution in [0.1, 0.15) is 44.8 Å². The van der Waals surface area contributed by atoms with E-state index in [2.05, 4.69) is 45.6 Å². The van der Waals surface area contributed by atoms with Gasteiger partial charge in [-0.1, -0.05) is 13.8 Å². The predicted molar refractivity (Wildman–Crippen MR) is 71.7 cm³/mol. The first kappa shape index (κ1) is 14.3. The Labute approximate surface area is 105 Å². The fourth-order valence-corrected chi connectivity index (χ4v) is 2.00. The molecular formula is C14H26N2O. The molecule has 0 amide bonds. The lowest BCUT2D eigenvalue weighted by Crippen LogP contribution is -2.33. The topological polar surface area (TPSA) is 42.4 Å². The third kappa shape index (κ3) is 4.17. The van der Waals surface area contributed by atoms with Crippen LogP contribution in [-0.2, 0) is 13.1 Å². The van der Waals surface area contributed by atoms with Crippen LogP contribution in [0.5, 0.6) is 0 Å². The molecule has 1 aromatic heterocycles. The second-order valence-corrected chi connectivity index (χ2v) is 5.44. The maximum Gasteiger partial charge on any atom is 0.120 e. The first-order valence-corrected chi connectivity index (χ1v) is 6.46. The lowest BCUT2D eigenvalue weighted by atomic mass is 10.1. The molecule has 17 heavy (non-hydrogen) atoms. The molecule has 0 bridgehead atoms. The lowest BCUT2D eigenvalue weighted by Gasteiger charge is -2.27. The van der Waals surface area contributed by atoms with Crippen molar-refractivity contribution in [2.24, 2.45) is 11.7 Å². The third-order valence-corrected chi connectivity index (χ3v) is 2.95. The molecule has 0 radical (unpaired) electrons. The second kappa shape index (κ2) is 6.22. The standard InChI is InChI=1S/C14H26N2O/c1-10(2)8-16(11(3)4)9-13-6-12(5)14(7-15)17-13/h6,10-11H,7-9,15H2,1-5H3. The molecule has 98 valence electrons. The van der Waals surface area contributed by atoms with Gasteiger partial charge in [-0.25, -0.2) is 0 Å². The Morgan fingerprint density at radius 1 is 1.29 bits per heavy atom. The van der Waals surface area contributed by atoms with E-state index in [-0.39, 0.29) is 0 Å². The minimum Gasteiger partial charge on any atom is -0.463 e. The number of hydrogen-bond acceptors (Lipinski definition) is 3. The van der Waals surface area contributed by atoms with E-state index < -0.39 is 0 Å². The molecule has 3 heteroatoms. The zero-order chi connectivity index (χ0) is 13.0. The fourth-order valence-electron chi connectivity index (χ4n) is 2.00. The molecule has 2 N–H and O–H groups in total. The summed E-state index contributed by atoms with van der Waals surface area (Å²) in [4.78, 5) is 2.43. The number of nitrogens with zero attached hydrogens (tertiary/aromatic N) is 1. The highest BCUT2D eigenvalue weighted by Gasteiger charge is 2.15. The summed E-state index contributed by atoms with van der Waals surface area (Å²) in [5.74, 6) is 2.60. The SMILES string of the molecule is Cc1cc(CN(CC(C)C)C(C)C)oc1CN. The molecule has 0 atom stereocenters. The Bertz CT molecular complexity index is 342. The molecule has 0 spiro atoms. The maximum absolute atomic E-state index is 5.76. The van der Waals surface area contributed by atoms with Gasteiger partial charge in [-0.15, -0.1) is 0 Å². The van der Waals surface area contributed by atoms with Crippen molar-refractivity contribution >= 4 is 0 Å². The van der Waals surface area contributed by atoms with E-state index in [9.17, 15) is 0 Å². The molecule has 1 rings (SSSR count). The summed E-state index contributed by atoms with van der Waals surface area (Å²) in [6, 6.07) is 2.64. The molecule has 0 aliphatic rings. The van der Waals surface area contributed by atoms with Gasteiger partial charge in [0, 0.05) is 12.6 Å². The average Bonchev–Trinajstić information content (AvgIpc) is 2.57. The Morgan fingerprint density at radius 3 is 2.35 bits per heavy atom. The summed E-state index contributed by atoms with van der Waals surface area (Å²) < 4.78 is 5.76. The van der Waals surface area contributed by atoms with Gasteiger partial charge in [0.2, 0.25) is 0 Å². The van der Waals surface area contributed by atoms with Crippen LogP contribution < -0.4 is 5.73 Å². The van der Waals surface area contributed by atoms with E-state index in [1.165, 1.54) is 0 Å². The summed E-state index contributed by atoms with van der Waals surface area (Å²) >= 11 is 0. The van der Waals surface area contributed by atoms with E-state index in [0.29, 0.717) is 18.5 Å². The highest BCUT2D eigenvalue weighted by molar-refractivity contribution is 5.19. The van der Waals surface area contributed by atoms with Gasteiger partial charge in [-0.3, -0.25) is 4.90 Å². The van der Waals surface area contributed by atoms with Crippen LogP contribution in [0.3, 0.4) is 0 Å². The molecule has 0 unspecified atom stereocenters. The normalized spacial score (nSPS) is 12.1. The Hall–Kier alpha value is -0.800. The highest BCUT2D eigenvalue weighted by atomic mass is 16.3. The fraction of sp³-hybridized carbons (Fsp3) is 0.714. The smallest absolute Gasteiger partial charge is 0.120 e. The molecule has 3 nitrogen and oxygen atoms in total. The minimum absolute atomic E-state index is 0.484. The van der Waals surface area contributed by atoms with Crippen molar-refractivity contribution in [3.8, 4) is 0 Å². The first-order valence-electron chi connectivity index (χ1n) is 6.46. The van der Waals surface area contributed by atoms with E-state index in [1.54, 1.807) is 0 Å². The Kier molecular flexibility index (Phi) is 5.22. The molecule has 1 heterocycles. The minimum atomic E-state index is 0.484. The molecule has 0 aromatic carbocycles. The molecule has 0 saturated heterocycles. The van der Waals surface area contributed by atoms with Crippen LogP contribution in [0.4, 0.5) is 0 Å². The molecule has 0 fully saturated rings. The van der Waals surface area contributed by atoms with Gasteiger partial charge in [-0.05, 0) is 38.3 Å². The van der Waals surface area contributed by atoms with Crippen molar-refractivity contribution in [2.75, 3.05) is 6.54 Å². The van der Waals surface area contributed by atoms with E-state index in [4.69, 9.17) is 10.2 Å². The second-order valence-electron chi connectivity index (χ2n) is 5.44. The zero-order valence-corrected chi connectivity index (χ0v) is 11.8. The summed E-state index contributed by atoms with van der Waals surface area (Å²) in [6.07, 6.45) is 0. The zero-order valence-electron chi connectivity index (χ0n) is 11.8. The van der Waals surface area contributed by atoms with Crippen molar-refractivity contribution in [3.63, 3.8) is 0 Å². The van der Waals surface area contributed by atoms with E-state index in [1.807, 2.05) is 0 Å². The van der Waals surface area contributed by atoms with Gasteiger partial charge in [0.1, 0.15) is 11.5 Å². The summed E-state index contributed by atoms with van der Waals surface area (Å²) in [5.41, 5.74) is 6.79. The number of nitrogens with two attached hydrogens (primary N) is 1. The van der Waals surface area contributed by atoms with Crippen LogP contribution in [0.25, 0.3) is 0 Å². The quantitative estimate of drug-likeness (QED) is 0.828. The van der Waals surface area contributed by atoms with Gasteiger partial charge in [0.15, 0.2) is 0 Å². The van der Waals surface area contributed by atoms with Gasteiger partial charge in [0.25, 0.3) is 0 Å². The van der Waals surface area contributed by atoms with E-state index >= 15 is 0 Å². The molecule has 1 aromatic rings. The van der Waals surface area contributed by atoms with Crippen molar-refractivity contribution in [2.45, 2.75) is 53.8 Å². The molecule has 0 saturated carbocycles. The van der Waals surface area contributed by atoms with Gasteiger partial charge >= 0.3 is 0 Å². The van der Waals surface area contributed by atoms with Crippen LogP contribution in [-0.4, -0.2) is 17.5 Å². The lowest BCUT2D eigenvalue weighted by molar-refractivity contribution is 0.174. The largest absolute Gasteiger partial charge is 0.463 e. The van der Waals surface area contributed by atoms with Crippen molar-refractivity contribution in [3.05, 3.63) is 23.2 Å². The Balaban J connectivity index is 2.71. The molecule has 0 aliphatic carbocycles. The van der Waals surface area contributed by atoms with Crippen molar-refractivity contribution < 1.29 is 4.42 Å². The number of furan rings is 1. The monoisotopic (exact) mass is 238 g/mol. The predicted octanol–water partition coefficient (Wildman–Crippen LogP) is 2.91. The first-order chi connectivity index (χ1) is 7.93. The summed E-state index contributed by atoms with van der Waals surface area (Å²) in [5, 5.41) is 0. The third-order valence-electron chi connectivity index (χ3n) is 2.95. The van der Waals surface area contributed by atoms with Crippen LogP contribution in [0, 0.1) is 12.8 Å². The summed E-state index contributed by atoms with van der Waals surface area (Å²) in [6.45, 7) is 13.4. The number of hydrogen-bond donors (Lipinski definition) is 1. The molecular weight excluding hydrogens is 212 g/mol.